The summed E-state index contributed by atoms with van der Waals surface area (Å²) in [6.45, 7) is 5.61. The molecule has 1 aromatic carbocycles. The van der Waals surface area contributed by atoms with Gasteiger partial charge < -0.3 is 15.1 Å². The quantitative estimate of drug-likeness (QED) is 0.860. The van der Waals surface area contributed by atoms with Crippen LogP contribution in [-0.2, 0) is 6.18 Å². The lowest BCUT2D eigenvalue weighted by molar-refractivity contribution is -0.138. The topological polar surface area (TPSA) is 35.6 Å². The van der Waals surface area contributed by atoms with E-state index in [2.05, 4.69) is 17.1 Å². The van der Waals surface area contributed by atoms with Crippen LogP contribution in [0.5, 0.6) is 0 Å². The van der Waals surface area contributed by atoms with E-state index < -0.39 is 17.8 Å². The number of amides is 2. The van der Waals surface area contributed by atoms with Crippen LogP contribution < -0.4 is 5.32 Å². The number of nitrogens with zero attached hydrogens (tertiary/aromatic N) is 2. The summed E-state index contributed by atoms with van der Waals surface area (Å²) in [5, 5.41) is 2.51. The highest BCUT2D eigenvalue weighted by molar-refractivity contribution is 5.89. The lowest BCUT2D eigenvalue weighted by Crippen LogP contribution is -2.37. The molecule has 23 heavy (non-hydrogen) atoms. The molecule has 0 aliphatic carbocycles. The number of anilines is 1. The van der Waals surface area contributed by atoms with Crippen LogP contribution in [0.3, 0.4) is 0 Å². The minimum Gasteiger partial charge on any atom is -0.326 e. The summed E-state index contributed by atoms with van der Waals surface area (Å²) < 4.78 is 38.6. The largest absolute Gasteiger partial charge is 0.416 e. The molecule has 0 unspecified atom stereocenters. The van der Waals surface area contributed by atoms with E-state index >= 15 is 0 Å². The first-order valence-electron chi connectivity index (χ1n) is 7.53. The second-order valence-electron chi connectivity index (χ2n) is 5.68. The molecule has 0 saturated carbocycles. The number of urea groups is 1. The fourth-order valence-corrected chi connectivity index (χ4v) is 2.14. The maximum absolute atomic E-state index is 12.9. The second-order valence-corrected chi connectivity index (χ2v) is 5.68. The maximum atomic E-state index is 12.9. The fourth-order valence-electron chi connectivity index (χ4n) is 2.14. The van der Waals surface area contributed by atoms with Crippen molar-refractivity contribution in [1.82, 2.24) is 9.80 Å². The monoisotopic (exact) mass is 331 g/mol. The molecule has 0 aliphatic rings. The van der Waals surface area contributed by atoms with Crippen LogP contribution in [0.15, 0.2) is 18.2 Å². The molecule has 0 fully saturated rings. The van der Waals surface area contributed by atoms with Gasteiger partial charge in [0.25, 0.3) is 0 Å². The highest BCUT2D eigenvalue weighted by Gasteiger charge is 2.32. The van der Waals surface area contributed by atoms with Crippen molar-refractivity contribution in [3.63, 3.8) is 0 Å². The van der Waals surface area contributed by atoms with E-state index in [4.69, 9.17) is 0 Å². The summed E-state index contributed by atoms with van der Waals surface area (Å²) >= 11 is 0. The molecule has 0 heterocycles. The molecule has 0 bridgehead atoms. The summed E-state index contributed by atoms with van der Waals surface area (Å²) in [5.41, 5.74) is -0.465. The van der Waals surface area contributed by atoms with E-state index in [9.17, 15) is 18.0 Å². The maximum Gasteiger partial charge on any atom is 0.416 e. The third-order valence-corrected chi connectivity index (χ3v) is 3.56. The number of alkyl halides is 3. The molecule has 1 N–H and O–H groups in total. The Kier molecular flexibility index (Phi) is 6.87. The first-order chi connectivity index (χ1) is 10.6. The summed E-state index contributed by atoms with van der Waals surface area (Å²) in [5.74, 6) is 0. The molecule has 0 aromatic heterocycles. The van der Waals surface area contributed by atoms with Crippen LogP contribution in [0, 0.1) is 6.92 Å². The number of aryl methyl sites for hydroxylation is 1. The van der Waals surface area contributed by atoms with E-state index in [1.54, 1.807) is 7.05 Å². The Labute approximate surface area is 135 Å². The van der Waals surface area contributed by atoms with Gasteiger partial charge in [-0.15, -0.1) is 0 Å². The molecular weight excluding hydrogens is 307 g/mol. The number of carbonyl (C=O) groups excluding carboxylic acids is 1. The van der Waals surface area contributed by atoms with Crippen molar-refractivity contribution in [2.45, 2.75) is 26.4 Å². The predicted molar refractivity (Wildman–Crippen MR) is 85.6 cm³/mol. The lowest BCUT2D eigenvalue weighted by atomic mass is 10.1. The molecule has 0 radical (unpaired) electrons. The highest BCUT2D eigenvalue weighted by Crippen LogP contribution is 2.33. The fraction of sp³-hybridized carbons (Fsp3) is 0.562. The number of carbonyl (C=O) groups is 1. The van der Waals surface area contributed by atoms with Gasteiger partial charge in [0, 0.05) is 25.8 Å². The van der Waals surface area contributed by atoms with Gasteiger partial charge in [0.15, 0.2) is 0 Å². The SMILES string of the molecule is CCCN(C)CCN(C)C(=O)Nc1ccc(C)c(C(F)(F)F)c1. The van der Waals surface area contributed by atoms with Crippen molar-refractivity contribution < 1.29 is 18.0 Å². The number of rotatable bonds is 6. The summed E-state index contributed by atoms with van der Waals surface area (Å²) in [6.07, 6.45) is -3.41. The number of benzene rings is 1. The number of halogens is 3. The van der Waals surface area contributed by atoms with Gasteiger partial charge in [-0.25, -0.2) is 4.79 Å². The van der Waals surface area contributed by atoms with Gasteiger partial charge in [-0.05, 0) is 44.6 Å². The van der Waals surface area contributed by atoms with E-state index in [0.717, 1.165) is 19.0 Å². The van der Waals surface area contributed by atoms with Gasteiger partial charge >= 0.3 is 12.2 Å². The number of hydrogen-bond donors (Lipinski definition) is 1. The predicted octanol–water partition coefficient (Wildman–Crippen LogP) is 3.82. The number of nitrogens with one attached hydrogen (secondary N) is 1. The second kappa shape index (κ2) is 8.19. The highest BCUT2D eigenvalue weighted by atomic mass is 19.4. The number of hydrogen-bond acceptors (Lipinski definition) is 2. The van der Waals surface area contributed by atoms with Gasteiger partial charge in [0.1, 0.15) is 0 Å². The molecule has 0 aliphatic heterocycles. The van der Waals surface area contributed by atoms with Gasteiger partial charge in [-0.3, -0.25) is 0 Å². The lowest BCUT2D eigenvalue weighted by Gasteiger charge is -2.22. The van der Waals surface area contributed by atoms with Crippen LogP contribution in [-0.4, -0.2) is 49.6 Å². The smallest absolute Gasteiger partial charge is 0.326 e. The summed E-state index contributed by atoms with van der Waals surface area (Å²) in [7, 11) is 3.58. The Hall–Kier alpha value is -1.76. The minimum atomic E-state index is -4.43. The molecule has 0 atom stereocenters. The molecule has 1 aromatic rings. The van der Waals surface area contributed by atoms with Crippen molar-refractivity contribution in [3.05, 3.63) is 29.3 Å². The van der Waals surface area contributed by atoms with E-state index in [-0.39, 0.29) is 11.3 Å². The Morgan fingerprint density at radius 3 is 2.39 bits per heavy atom. The van der Waals surface area contributed by atoms with Crippen LogP contribution in [0.4, 0.5) is 23.7 Å². The van der Waals surface area contributed by atoms with Crippen molar-refractivity contribution in [1.29, 1.82) is 0 Å². The van der Waals surface area contributed by atoms with Crippen molar-refractivity contribution in [2.75, 3.05) is 39.0 Å². The zero-order valence-corrected chi connectivity index (χ0v) is 14.0. The van der Waals surface area contributed by atoms with Gasteiger partial charge in [0.05, 0.1) is 5.56 Å². The van der Waals surface area contributed by atoms with E-state index in [1.807, 2.05) is 7.05 Å². The average Bonchev–Trinajstić information content (AvgIpc) is 2.45. The average molecular weight is 331 g/mol. The van der Waals surface area contributed by atoms with Gasteiger partial charge in [-0.2, -0.15) is 13.2 Å². The number of likely N-dealkylation sites (N-methyl/N-ethyl adjacent to an activating group) is 2. The Morgan fingerprint density at radius 2 is 1.83 bits per heavy atom. The summed E-state index contributed by atoms with van der Waals surface area (Å²) in [6, 6.07) is 3.36. The zero-order valence-electron chi connectivity index (χ0n) is 14.0. The van der Waals surface area contributed by atoms with Gasteiger partial charge in [-0.1, -0.05) is 13.0 Å². The molecular formula is C16H24F3N3O. The van der Waals surface area contributed by atoms with E-state index in [0.29, 0.717) is 13.1 Å². The van der Waals surface area contributed by atoms with Crippen molar-refractivity contribution >= 4 is 11.7 Å². The first-order valence-corrected chi connectivity index (χ1v) is 7.53. The van der Waals surface area contributed by atoms with Crippen molar-refractivity contribution in [3.8, 4) is 0 Å². The van der Waals surface area contributed by atoms with Crippen molar-refractivity contribution in [2.24, 2.45) is 0 Å². The Balaban J connectivity index is 2.67. The zero-order chi connectivity index (χ0) is 17.6. The molecule has 4 nitrogen and oxygen atoms in total. The first kappa shape index (κ1) is 19.3. The standard InChI is InChI=1S/C16H24F3N3O/c1-5-8-21(3)9-10-22(4)15(23)20-13-7-6-12(2)14(11-13)16(17,18)19/h6-7,11H,5,8-10H2,1-4H3,(H,20,23). The molecule has 1 rings (SSSR count). The van der Waals surface area contributed by atoms with Crippen LogP contribution in [0.1, 0.15) is 24.5 Å². The van der Waals surface area contributed by atoms with Crippen LogP contribution in [0.25, 0.3) is 0 Å². The molecule has 2 amide bonds. The van der Waals surface area contributed by atoms with Crippen LogP contribution in [0.2, 0.25) is 0 Å². The molecule has 0 spiro atoms. The molecule has 0 saturated heterocycles. The third-order valence-electron chi connectivity index (χ3n) is 3.56. The van der Waals surface area contributed by atoms with Gasteiger partial charge in [0.2, 0.25) is 0 Å². The Bertz CT molecular complexity index is 532. The third kappa shape index (κ3) is 6.09. The minimum absolute atomic E-state index is 0.130. The Morgan fingerprint density at radius 1 is 1.17 bits per heavy atom. The summed E-state index contributed by atoms with van der Waals surface area (Å²) in [4.78, 5) is 15.6. The normalized spacial score (nSPS) is 11.7. The van der Waals surface area contributed by atoms with Crippen LogP contribution >= 0.6 is 0 Å². The van der Waals surface area contributed by atoms with E-state index in [1.165, 1.54) is 24.0 Å². The molecule has 130 valence electrons. The molecule has 7 heteroatoms.